The number of hydrogen-bond donors (Lipinski definition) is 1. The van der Waals surface area contributed by atoms with Gasteiger partial charge in [-0.2, -0.15) is 0 Å². The van der Waals surface area contributed by atoms with Crippen molar-refractivity contribution >= 4 is 26.7 Å². The number of thiazole rings is 1. The van der Waals surface area contributed by atoms with E-state index in [9.17, 15) is 0 Å². The fourth-order valence-corrected chi connectivity index (χ4v) is 3.51. The summed E-state index contributed by atoms with van der Waals surface area (Å²) in [5.41, 5.74) is 3.82. The maximum atomic E-state index is 4.69. The molecule has 2 aromatic rings. The van der Waals surface area contributed by atoms with Gasteiger partial charge in [0.2, 0.25) is 0 Å². The van der Waals surface area contributed by atoms with Gasteiger partial charge in [-0.15, -0.1) is 0 Å². The van der Waals surface area contributed by atoms with Gasteiger partial charge in [-0.25, -0.2) is 4.98 Å². The van der Waals surface area contributed by atoms with Crippen LogP contribution in [0.2, 0.25) is 0 Å². The van der Waals surface area contributed by atoms with Crippen LogP contribution >= 0.6 is 11.3 Å². The predicted octanol–water partition coefficient (Wildman–Crippen LogP) is 4.27. The van der Waals surface area contributed by atoms with Crippen molar-refractivity contribution < 1.29 is 0 Å². The molecule has 0 unspecified atom stereocenters. The number of aromatic nitrogens is 1. The first-order valence-electron chi connectivity index (χ1n) is 6.37. The van der Waals surface area contributed by atoms with Crippen LogP contribution in [0.4, 0.5) is 5.13 Å². The number of nitrogens with one attached hydrogen (secondary N) is 1. The summed E-state index contributed by atoms with van der Waals surface area (Å²) in [5, 5.41) is 4.67. The summed E-state index contributed by atoms with van der Waals surface area (Å²) in [4.78, 5) is 4.69. The van der Waals surface area contributed by atoms with E-state index in [1.807, 2.05) is 0 Å². The van der Waals surface area contributed by atoms with Gasteiger partial charge in [-0.05, 0) is 49.9 Å². The van der Waals surface area contributed by atoms with Gasteiger partial charge >= 0.3 is 0 Å². The van der Waals surface area contributed by atoms with Crippen molar-refractivity contribution in [3.63, 3.8) is 0 Å². The van der Waals surface area contributed by atoms with Gasteiger partial charge in [0.1, 0.15) is 0 Å². The summed E-state index contributed by atoms with van der Waals surface area (Å²) >= 11 is 1.78. The highest BCUT2D eigenvalue weighted by atomic mass is 32.1. The molecular weight excluding hydrogens is 228 g/mol. The highest BCUT2D eigenvalue weighted by Gasteiger charge is 2.16. The lowest BCUT2D eigenvalue weighted by molar-refractivity contribution is 0.754. The largest absolute Gasteiger partial charge is 0.359 e. The zero-order chi connectivity index (χ0) is 11.8. The molecule has 0 atom stereocenters. The lowest BCUT2D eigenvalue weighted by Crippen LogP contribution is -2.13. The molecule has 3 heteroatoms. The molecule has 17 heavy (non-hydrogen) atoms. The van der Waals surface area contributed by atoms with E-state index < -0.39 is 0 Å². The number of aryl methyl sites for hydroxylation is 2. The Balaban J connectivity index is 1.90. The van der Waals surface area contributed by atoms with Crippen molar-refractivity contribution in [2.45, 2.75) is 45.6 Å². The molecule has 90 valence electrons. The molecule has 0 spiro atoms. The first-order chi connectivity index (χ1) is 8.22. The van der Waals surface area contributed by atoms with E-state index in [2.05, 4.69) is 36.3 Å². The molecule has 1 heterocycles. The average Bonchev–Trinajstić information content (AvgIpc) is 2.89. The molecule has 0 radical (unpaired) electrons. The maximum Gasteiger partial charge on any atom is 0.184 e. The first kappa shape index (κ1) is 11.0. The van der Waals surface area contributed by atoms with Gasteiger partial charge in [0.15, 0.2) is 5.13 Å². The minimum absolute atomic E-state index is 0.651. The molecule has 2 nitrogen and oxygen atoms in total. The SMILES string of the molecule is Cc1cc2nc(NC3CCCC3)sc2cc1C. The topological polar surface area (TPSA) is 24.9 Å². The third-order valence-corrected chi connectivity index (χ3v) is 4.64. The molecule has 0 amide bonds. The van der Waals surface area contributed by atoms with Crippen molar-refractivity contribution in [1.82, 2.24) is 4.98 Å². The second-order valence-electron chi connectivity index (χ2n) is 5.05. The highest BCUT2D eigenvalue weighted by Crippen LogP contribution is 2.30. The molecule has 1 saturated carbocycles. The molecule has 0 saturated heterocycles. The van der Waals surface area contributed by atoms with Gasteiger partial charge in [0.05, 0.1) is 10.2 Å². The van der Waals surface area contributed by atoms with E-state index in [-0.39, 0.29) is 0 Å². The van der Waals surface area contributed by atoms with E-state index in [0.29, 0.717) is 6.04 Å². The monoisotopic (exact) mass is 246 g/mol. The Hall–Kier alpha value is -1.09. The van der Waals surface area contributed by atoms with Gasteiger partial charge in [0, 0.05) is 6.04 Å². The van der Waals surface area contributed by atoms with Crippen LogP contribution in [-0.2, 0) is 0 Å². The Morgan fingerprint density at radius 2 is 1.88 bits per heavy atom. The summed E-state index contributed by atoms with van der Waals surface area (Å²) < 4.78 is 1.30. The van der Waals surface area contributed by atoms with Crippen molar-refractivity contribution in [1.29, 1.82) is 0 Å². The summed E-state index contributed by atoms with van der Waals surface area (Å²) in [7, 11) is 0. The van der Waals surface area contributed by atoms with Crippen LogP contribution in [0.25, 0.3) is 10.2 Å². The number of nitrogens with zero attached hydrogens (tertiary/aromatic N) is 1. The van der Waals surface area contributed by atoms with Crippen LogP contribution in [0.3, 0.4) is 0 Å². The quantitative estimate of drug-likeness (QED) is 0.856. The van der Waals surface area contributed by atoms with E-state index in [1.165, 1.54) is 41.5 Å². The Bertz CT molecular complexity index is 499. The number of hydrogen-bond acceptors (Lipinski definition) is 3. The lowest BCUT2D eigenvalue weighted by Gasteiger charge is -2.09. The summed E-state index contributed by atoms with van der Waals surface area (Å²) in [6.45, 7) is 4.32. The molecular formula is C14H18N2S. The van der Waals surface area contributed by atoms with Gasteiger partial charge < -0.3 is 5.32 Å². The van der Waals surface area contributed by atoms with Gasteiger partial charge in [0.25, 0.3) is 0 Å². The third kappa shape index (κ3) is 2.16. The first-order valence-corrected chi connectivity index (χ1v) is 7.18. The second kappa shape index (κ2) is 4.30. The molecule has 1 aliphatic rings. The number of anilines is 1. The van der Waals surface area contributed by atoms with Crippen LogP contribution in [0.5, 0.6) is 0 Å². The molecule has 3 rings (SSSR count). The Morgan fingerprint density at radius 3 is 2.65 bits per heavy atom. The van der Waals surface area contributed by atoms with Crippen LogP contribution in [-0.4, -0.2) is 11.0 Å². The molecule has 0 bridgehead atoms. The average molecular weight is 246 g/mol. The van der Waals surface area contributed by atoms with Crippen LogP contribution in [0.15, 0.2) is 12.1 Å². The molecule has 1 fully saturated rings. The Labute approximate surface area is 106 Å². The van der Waals surface area contributed by atoms with Crippen molar-refractivity contribution in [2.24, 2.45) is 0 Å². The second-order valence-corrected chi connectivity index (χ2v) is 6.08. The van der Waals surface area contributed by atoms with Crippen LogP contribution in [0, 0.1) is 13.8 Å². The van der Waals surface area contributed by atoms with Crippen molar-refractivity contribution in [3.8, 4) is 0 Å². The highest BCUT2D eigenvalue weighted by molar-refractivity contribution is 7.22. The smallest absolute Gasteiger partial charge is 0.184 e. The van der Waals surface area contributed by atoms with E-state index in [1.54, 1.807) is 11.3 Å². The lowest BCUT2D eigenvalue weighted by atomic mass is 10.1. The zero-order valence-corrected chi connectivity index (χ0v) is 11.2. The standard InChI is InChI=1S/C14H18N2S/c1-9-7-12-13(8-10(9)2)17-14(16-12)15-11-5-3-4-6-11/h7-8,11H,3-6H2,1-2H3,(H,15,16). The van der Waals surface area contributed by atoms with Crippen molar-refractivity contribution in [3.05, 3.63) is 23.3 Å². The molecule has 1 N–H and O–H groups in total. The fraction of sp³-hybridized carbons (Fsp3) is 0.500. The van der Waals surface area contributed by atoms with E-state index >= 15 is 0 Å². The Kier molecular flexibility index (Phi) is 2.79. The number of fused-ring (bicyclic) bond motifs is 1. The minimum atomic E-state index is 0.651. The maximum absolute atomic E-state index is 4.69. The normalized spacial score (nSPS) is 16.8. The molecule has 1 aliphatic carbocycles. The molecule has 1 aromatic heterocycles. The molecule has 0 aliphatic heterocycles. The van der Waals surface area contributed by atoms with Crippen LogP contribution in [0.1, 0.15) is 36.8 Å². The van der Waals surface area contributed by atoms with E-state index in [0.717, 1.165) is 10.6 Å². The Morgan fingerprint density at radius 1 is 1.18 bits per heavy atom. The number of rotatable bonds is 2. The van der Waals surface area contributed by atoms with Crippen molar-refractivity contribution in [2.75, 3.05) is 5.32 Å². The van der Waals surface area contributed by atoms with Gasteiger partial charge in [-0.1, -0.05) is 24.2 Å². The minimum Gasteiger partial charge on any atom is -0.359 e. The van der Waals surface area contributed by atoms with Gasteiger partial charge in [-0.3, -0.25) is 0 Å². The predicted molar refractivity (Wildman–Crippen MR) is 75.0 cm³/mol. The third-order valence-electron chi connectivity index (χ3n) is 3.69. The van der Waals surface area contributed by atoms with Crippen LogP contribution < -0.4 is 5.32 Å². The summed E-state index contributed by atoms with van der Waals surface area (Å²) in [5.74, 6) is 0. The molecule has 1 aromatic carbocycles. The number of benzene rings is 1. The fourth-order valence-electron chi connectivity index (χ4n) is 2.49. The van der Waals surface area contributed by atoms with E-state index in [4.69, 9.17) is 0 Å². The summed E-state index contributed by atoms with van der Waals surface area (Å²) in [6.07, 6.45) is 5.32. The summed E-state index contributed by atoms with van der Waals surface area (Å²) in [6, 6.07) is 5.10. The zero-order valence-electron chi connectivity index (χ0n) is 10.4.